The van der Waals surface area contributed by atoms with Crippen LogP contribution in [0.2, 0.25) is 0 Å². The molecular weight excluding hydrogens is 476 g/mol. The maximum atomic E-state index is 10.9. The second kappa shape index (κ2) is 10.7. The summed E-state index contributed by atoms with van der Waals surface area (Å²) in [7, 11) is 0. The van der Waals surface area contributed by atoms with Crippen molar-refractivity contribution in [1.82, 2.24) is 4.90 Å². The Balaban J connectivity index is 1.56. The highest BCUT2D eigenvalue weighted by molar-refractivity contribution is 5.82. The first kappa shape index (κ1) is 25.5. The van der Waals surface area contributed by atoms with Gasteiger partial charge in [0.2, 0.25) is 0 Å². The average Bonchev–Trinajstić information content (AvgIpc) is 3.33. The Labute approximate surface area is 233 Å². The molecule has 3 nitrogen and oxygen atoms in total. The maximum absolute atomic E-state index is 10.9. The zero-order valence-corrected chi connectivity index (χ0v) is 23.1. The van der Waals surface area contributed by atoms with Gasteiger partial charge in [0, 0.05) is 22.9 Å². The minimum absolute atomic E-state index is 0.111. The Morgan fingerprint density at radius 1 is 0.641 bits per heavy atom. The molecule has 0 unspecified atom stereocenters. The average molecular weight is 515 g/mol. The predicted molar refractivity (Wildman–Crippen MR) is 162 cm³/mol. The molecule has 4 aromatic carbocycles. The number of aromatic hydroxyl groups is 1. The third-order valence-corrected chi connectivity index (χ3v) is 8.65. The lowest BCUT2D eigenvalue weighted by atomic mass is 9.79. The highest BCUT2D eigenvalue weighted by Gasteiger charge is 2.47. The number of phenols is 1. The number of allylic oxidation sites excluding steroid dienone is 1. The monoisotopic (exact) mass is 514 g/mol. The van der Waals surface area contributed by atoms with E-state index in [1.54, 1.807) is 6.07 Å². The van der Waals surface area contributed by atoms with Gasteiger partial charge in [-0.15, -0.1) is 0 Å². The number of phenolic OH excluding ortho intramolecular Hbond substituents is 1. The quantitative estimate of drug-likeness (QED) is 0.270. The van der Waals surface area contributed by atoms with E-state index < -0.39 is 0 Å². The van der Waals surface area contributed by atoms with Crippen LogP contribution in [0.3, 0.4) is 0 Å². The third-order valence-electron chi connectivity index (χ3n) is 8.65. The molecule has 1 fully saturated rings. The largest absolute Gasteiger partial charge is 0.507 e. The number of anilines is 1. The Kier molecular flexibility index (Phi) is 7.01. The van der Waals surface area contributed by atoms with Gasteiger partial charge in [0.05, 0.1) is 18.8 Å². The van der Waals surface area contributed by atoms with E-state index in [0.717, 1.165) is 23.5 Å². The van der Waals surface area contributed by atoms with E-state index >= 15 is 0 Å². The Morgan fingerprint density at radius 2 is 1.21 bits per heavy atom. The van der Waals surface area contributed by atoms with Crippen LogP contribution in [-0.2, 0) is 0 Å². The second-order valence-electron chi connectivity index (χ2n) is 11.4. The summed E-state index contributed by atoms with van der Waals surface area (Å²) in [6.45, 7) is 7.90. The van der Waals surface area contributed by atoms with Gasteiger partial charge in [-0.05, 0) is 48.4 Å². The molecule has 2 aliphatic rings. The molecule has 5 atom stereocenters. The Bertz CT molecular complexity index is 1450. The van der Waals surface area contributed by atoms with Gasteiger partial charge in [0.25, 0.3) is 0 Å². The molecule has 1 saturated heterocycles. The fraction of sp³-hybridized carbons (Fsp3) is 0.278. The van der Waals surface area contributed by atoms with Gasteiger partial charge >= 0.3 is 0 Å². The van der Waals surface area contributed by atoms with Crippen LogP contribution in [0.1, 0.15) is 50.4 Å². The van der Waals surface area contributed by atoms with E-state index in [4.69, 9.17) is 0 Å². The van der Waals surface area contributed by atoms with Gasteiger partial charge in [-0.1, -0.05) is 123 Å². The van der Waals surface area contributed by atoms with Gasteiger partial charge in [-0.25, -0.2) is 0 Å². The van der Waals surface area contributed by atoms with Crippen LogP contribution in [0.4, 0.5) is 5.69 Å². The first-order chi connectivity index (χ1) is 19.0. The van der Waals surface area contributed by atoms with E-state index in [9.17, 15) is 5.11 Å². The van der Waals surface area contributed by atoms with Crippen molar-refractivity contribution in [3.05, 3.63) is 132 Å². The minimum atomic E-state index is 0.111. The molecule has 39 heavy (non-hydrogen) atoms. The molecule has 1 aliphatic heterocycles. The molecule has 4 aromatic rings. The topological polar surface area (TPSA) is 26.7 Å². The normalized spacial score (nSPS) is 25.5. The second-order valence-corrected chi connectivity index (χ2v) is 11.4. The zero-order valence-electron chi connectivity index (χ0n) is 23.1. The molecule has 0 bridgehead atoms. The lowest BCUT2D eigenvalue weighted by molar-refractivity contribution is 0.136. The predicted octanol–water partition coefficient (Wildman–Crippen LogP) is 8.61. The van der Waals surface area contributed by atoms with Gasteiger partial charge in [0.1, 0.15) is 5.75 Å². The first-order valence-electron chi connectivity index (χ1n) is 14.2. The molecule has 0 radical (unpaired) electrons. The molecule has 3 heteroatoms. The zero-order chi connectivity index (χ0) is 26.9. The summed E-state index contributed by atoms with van der Waals surface area (Å²) in [5, 5.41) is 10.9. The molecule has 0 spiro atoms. The molecule has 0 saturated carbocycles. The Hall–Kier alpha value is -3.82. The van der Waals surface area contributed by atoms with Crippen LogP contribution in [0, 0.1) is 11.8 Å². The first-order valence-corrected chi connectivity index (χ1v) is 14.2. The summed E-state index contributed by atoms with van der Waals surface area (Å²) in [5.74, 6) is 1.48. The van der Waals surface area contributed by atoms with Crippen LogP contribution in [0.25, 0.3) is 11.1 Å². The molecular formula is C36H38N2O. The van der Waals surface area contributed by atoms with Crippen LogP contribution in [0.5, 0.6) is 5.75 Å². The number of nitrogens with zero attached hydrogens (tertiary/aromatic N) is 2. The van der Waals surface area contributed by atoms with E-state index in [2.05, 4.69) is 122 Å². The fourth-order valence-electron chi connectivity index (χ4n) is 7.25. The van der Waals surface area contributed by atoms with Crippen molar-refractivity contribution in [3.63, 3.8) is 0 Å². The number of benzene rings is 4. The summed E-state index contributed by atoms with van der Waals surface area (Å²) >= 11 is 0. The third kappa shape index (κ3) is 4.77. The summed E-state index contributed by atoms with van der Waals surface area (Å²) in [5.41, 5.74) is 7.19. The summed E-state index contributed by atoms with van der Waals surface area (Å²) in [4.78, 5) is 5.32. The highest BCUT2D eigenvalue weighted by Crippen LogP contribution is 2.51. The van der Waals surface area contributed by atoms with Crippen molar-refractivity contribution in [3.8, 4) is 16.9 Å². The molecule has 6 rings (SSSR count). The van der Waals surface area contributed by atoms with Crippen LogP contribution >= 0.6 is 0 Å². The van der Waals surface area contributed by atoms with E-state index in [-0.39, 0.29) is 12.1 Å². The van der Waals surface area contributed by atoms with Gasteiger partial charge in [-0.2, -0.15) is 0 Å². The van der Waals surface area contributed by atoms with Crippen LogP contribution in [-0.4, -0.2) is 22.7 Å². The Morgan fingerprint density at radius 3 is 1.85 bits per heavy atom. The van der Waals surface area contributed by atoms with E-state index in [0.29, 0.717) is 23.6 Å². The van der Waals surface area contributed by atoms with Crippen molar-refractivity contribution in [2.75, 3.05) is 11.6 Å². The number of hydrogen-bond donors (Lipinski definition) is 1. The standard InChI is InChI=1S/C36H38N2O/c1-25-22-26(2)34(27(3)23-25)38-24-37(32-20-12-10-18-30(32)31-19-11-13-21-33(31)39)35(28-14-6-4-7-15-28)36(38)29-16-8-5-9-17-29/h4-22,25,27,34-36,39H,23-24H2,1-3H3/t25-,27-,34+,35+,36+/m1/s1. The lowest BCUT2D eigenvalue weighted by Crippen LogP contribution is -2.43. The highest BCUT2D eigenvalue weighted by atomic mass is 16.3. The number of para-hydroxylation sites is 2. The molecule has 1 heterocycles. The van der Waals surface area contributed by atoms with Gasteiger partial charge in [0.15, 0.2) is 0 Å². The van der Waals surface area contributed by atoms with E-state index in [1.165, 1.54) is 23.1 Å². The summed E-state index contributed by atoms with van der Waals surface area (Å²) < 4.78 is 0. The lowest BCUT2D eigenvalue weighted by Gasteiger charge is -2.41. The van der Waals surface area contributed by atoms with Crippen LogP contribution in [0.15, 0.2) is 121 Å². The van der Waals surface area contributed by atoms with E-state index in [1.807, 2.05) is 18.2 Å². The van der Waals surface area contributed by atoms with Crippen molar-refractivity contribution in [2.24, 2.45) is 11.8 Å². The van der Waals surface area contributed by atoms with Crippen molar-refractivity contribution in [2.45, 2.75) is 45.3 Å². The fourth-order valence-corrected chi connectivity index (χ4v) is 7.25. The van der Waals surface area contributed by atoms with Crippen molar-refractivity contribution >= 4 is 5.69 Å². The van der Waals surface area contributed by atoms with Crippen molar-refractivity contribution < 1.29 is 5.11 Å². The van der Waals surface area contributed by atoms with Gasteiger partial charge < -0.3 is 10.0 Å². The SMILES string of the molecule is CC1=C[C@@H](C)C[C@@H](C)[C@H]1N1CN(c2ccccc2-c2ccccc2O)[C@@H](c2ccccc2)[C@@H]1c1ccccc1. The van der Waals surface area contributed by atoms with Crippen molar-refractivity contribution in [1.29, 1.82) is 0 Å². The maximum Gasteiger partial charge on any atom is 0.123 e. The summed E-state index contributed by atoms with van der Waals surface area (Å²) in [6, 6.07) is 38.9. The van der Waals surface area contributed by atoms with Gasteiger partial charge in [-0.3, -0.25) is 4.90 Å². The summed E-state index contributed by atoms with van der Waals surface area (Å²) in [6.07, 6.45) is 3.69. The van der Waals surface area contributed by atoms with Crippen LogP contribution < -0.4 is 4.90 Å². The number of rotatable bonds is 5. The smallest absolute Gasteiger partial charge is 0.123 e. The molecule has 1 aliphatic carbocycles. The molecule has 0 amide bonds. The minimum Gasteiger partial charge on any atom is -0.507 e. The number of hydrogen-bond acceptors (Lipinski definition) is 3. The molecule has 1 N–H and O–H groups in total. The molecule has 0 aromatic heterocycles. The molecule has 198 valence electrons.